The molecule has 1 aromatic carbocycles. The Bertz CT molecular complexity index is 1120. The van der Waals surface area contributed by atoms with Crippen LogP contribution in [0.15, 0.2) is 61.1 Å². The van der Waals surface area contributed by atoms with Crippen molar-refractivity contribution in [2.24, 2.45) is 0 Å². The van der Waals surface area contributed by atoms with Crippen LogP contribution in [0.5, 0.6) is 0 Å². The maximum Gasteiger partial charge on any atom is 0.419 e. The van der Waals surface area contributed by atoms with Crippen molar-refractivity contribution in [1.82, 2.24) is 24.5 Å². The summed E-state index contributed by atoms with van der Waals surface area (Å²) in [6, 6.07) is 13.7. The monoisotopic (exact) mass is 375 g/mol. The third-order valence-corrected chi connectivity index (χ3v) is 4.15. The number of nitrogens with zero attached hydrogens (tertiary/aromatic N) is 5. The summed E-state index contributed by atoms with van der Waals surface area (Å²) < 4.78 is 8.76. The molecule has 0 N–H and O–H groups in total. The first-order valence-corrected chi connectivity index (χ1v) is 9.04. The molecule has 0 radical (unpaired) electrons. The van der Waals surface area contributed by atoms with Gasteiger partial charge in [0.05, 0.1) is 23.8 Å². The molecule has 0 bridgehead atoms. The first-order chi connectivity index (χ1) is 13.4. The molecule has 0 atom stereocenters. The van der Waals surface area contributed by atoms with Crippen molar-refractivity contribution in [2.45, 2.75) is 32.9 Å². The van der Waals surface area contributed by atoms with Crippen molar-refractivity contribution >= 4 is 17.1 Å². The molecule has 3 heterocycles. The zero-order valence-corrected chi connectivity index (χ0v) is 16.0. The van der Waals surface area contributed by atoms with Crippen LogP contribution in [0.2, 0.25) is 0 Å². The Morgan fingerprint density at radius 2 is 1.86 bits per heavy atom. The molecule has 0 fully saturated rings. The molecule has 0 aliphatic carbocycles. The summed E-state index contributed by atoms with van der Waals surface area (Å²) in [5, 5.41) is 8.51. The number of benzene rings is 1. The first-order valence-electron chi connectivity index (χ1n) is 9.04. The molecule has 7 heteroatoms. The van der Waals surface area contributed by atoms with Gasteiger partial charge in [0, 0.05) is 18.0 Å². The Morgan fingerprint density at radius 1 is 1.07 bits per heavy atom. The molecule has 0 unspecified atom stereocenters. The molecule has 4 rings (SSSR count). The maximum absolute atomic E-state index is 12.6. The lowest BCUT2D eigenvalue weighted by Gasteiger charge is -2.19. The normalized spacial score (nSPS) is 11.7. The maximum atomic E-state index is 12.6. The zero-order valence-electron chi connectivity index (χ0n) is 16.0. The van der Waals surface area contributed by atoms with Crippen LogP contribution in [0.4, 0.5) is 4.79 Å². The van der Waals surface area contributed by atoms with Crippen LogP contribution < -0.4 is 0 Å². The van der Waals surface area contributed by atoms with Gasteiger partial charge in [-0.2, -0.15) is 0 Å². The number of fused-ring (bicyclic) bond motifs is 1. The molecule has 0 saturated carbocycles. The Labute approximate surface area is 162 Å². The number of carbonyl (C=O) groups excluding carboxylic acids is 1. The number of carbonyl (C=O) groups is 1. The quantitative estimate of drug-likeness (QED) is 0.538. The van der Waals surface area contributed by atoms with Crippen LogP contribution in [0.1, 0.15) is 26.3 Å². The summed E-state index contributed by atoms with van der Waals surface area (Å²) >= 11 is 0. The van der Waals surface area contributed by atoms with Crippen molar-refractivity contribution in [2.75, 3.05) is 0 Å². The fourth-order valence-electron chi connectivity index (χ4n) is 2.98. The van der Waals surface area contributed by atoms with Crippen molar-refractivity contribution in [3.63, 3.8) is 0 Å². The molecule has 3 aromatic heterocycles. The lowest BCUT2D eigenvalue weighted by Crippen LogP contribution is -2.26. The average molecular weight is 375 g/mol. The Morgan fingerprint density at radius 3 is 2.61 bits per heavy atom. The third kappa shape index (κ3) is 3.64. The molecule has 0 aliphatic heterocycles. The largest absolute Gasteiger partial charge is 0.443 e. The molecule has 4 aromatic rings. The summed E-state index contributed by atoms with van der Waals surface area (Å²) in [6.07, 6.45) is 4.81. The van der Waals surface area contributed by atoms with E-state index in [9.17, 15) is 4.79 Å². The van der Waals surface area contributed by atoms with E-state index >= 15 is 0 Å². The number of rotatable bonds is 3. The van der Waals surface area contributed by atoms with Crippen LogP contribution in [0.25, 0.3) is 22.3 Å². The highest BCUT2D eigenvalue weighted by atomic mass is 16.6. The zero-order chi connectivity index (χ0) is 19.7. The second-order valence-electron chi connectivity index (χ2n) is 7.55. The molecule has 142 valence electrons. The van der Waals surface area contributed by atoms with E-state index in [1.807, 2.05) is 63.4 Å². The Balaban J connectivity index is 1.71. The molecule has 28 heavy (non-hydrogen) atoms. The number of ether oxygens (including phenoxy) is 1. The molecule has 0 spiro atoms. The number of pyridine rings is 1. The second-order valence-corrected chi connectivity index (χ2v) is 7.55. The average Bonchev–Trinajstić information content (AvgIpc) is 3.25. The van der Waals surface area contributed by atoms with Gasteiger partial charge in [-0.25, -0.2) is 9.48 Å². The highest BCUT2D eigenvalue weighted by Crippen LogP contribution is 2.28. The Hall–Kier alpha value is -3.48. The van der Waals surface area contributed by atoms with Crippen molar-refractivity contribution in [3.05, 3.63) is 66.6 Å². The van der Waals surface area contributed by atoms with Crippen LogP contribution in [-0.4, -0.2) is 36.2 Å². The van der Waals surface area contributed by atoms with E-state index < -0.39 is 11.7 Å². The van der Waals surface area contributed by atoms with Crippen molar-refractivity contribution in [1.29, 1.82) is 0 Å². The van der Waals surface area contributed by atoms with E-state index in [1.165, 1.54) is 4.57 Å². The lowest BCUT2D eigenvalue weighted by atomic mass is 10.2. The lowest BCUT2D eigenvalue weighted by molar-refractivity contribution is 0.0544. The topological polar surface area (TPSA) is 74.8 Å². The van der Waals surface area contributed by atoms with Gasteiger partial charge in [0.1, 0.15) is 11.3 Å². The Kier molecular flexibility index (Phi) is 4.43. The van der Waals surface area contributed by atoms with E-state index in [1.54, 1.807) is 23.1 Å². The van der Waals surface area contributed by atoms with Crippen LogP contribution in [0, 0.1) is 0 Å². The highest BCUT2D eigenvalue weighted by Gasteiger charge is 2.22. The van der Waals surface area contributed by atoms with Gasteiger partial charge in [-0.3, -0.25) is 9.55 Å². The summed E-state index contributed by atoms with van der Waals surface area (Å²) in [5.41, 5.74) is 3.29. The third-order valence-electron chi connectivity index (χ3n) is 4.15. The van der Waals surface area contributed by atoms with Crippen LogP contribution in [-0.2, 0) is 11.3 Å². The standard InChI is InChI=1S/C21H21N5O2/c1-21(2,3)28-20(27)26-13-16(19-18(26)10-7-11-22-19)17-14-25(24-23-17)12-15-8-5-4-6-9-15/h4-11,13-14H,12H2,1-3H3. The molecular formula is C21H21N5O2. The van der Waals surface area contributed by atoms with E-state index in [0.717, 1.165) is 11.1 Å². The number of aromatic nitrogens is 5. The minimum Gasteiger partial charge on any atom is -0.443 e. The van der Waals surface area contributed by atoms with Gasteiger partial charge in [-0.05, 0) is 38.5 Å². The fraction of sp³-hybridized carbons (Fsp3) is 0.238. The number of hydrogen-bond acceptors (Lipinski definition) is 5. The van der Waals surface area contributed by atoms with Crippen molar-refractivity contribution in [3.8, 4) is 11.3 Å². The molecular weight excluding hydrogens is 354 g/mol. The molecule has 0 saturated heterocycles. The van der Waals surface area contributed by atoms with Gasteiger partial charge >= 0.3 is 6.09 Å². The van der Waals surface area contributed by atoms with Gasteiger partial charge in [-0.1, -0.05) is 35.5 Å². The highest BCUT2D eigenvalue weighted by molar-refractivity contribution is 5.97. The summed E-state index contributed by atoms with van der Waals surface area (Å²) in [5.74, 6) is 0. The van der Waals surface area contributed by atoms with E-state index in [0.29, 0.717) is 23.3 Å². The summed E-state index contributed by atoms with van der Waals surface area (Å²) in [7, 11) is 0. The van der Waals surface area contributed by atoms with E-state index in [-0.39, 0.29) is 0 Å². The predicted molar refractivity (Wildman–Crippen MR) is 106 cm³/mol. The van der Waals surface area contributed by atoms with E-state index in [4.69, 9.17) is 4.74 Å². The van der Waals surface area contributed by atoms with Gasteiger partial charge in [0.15, 0.2) is 0 Å². The van der Waals surface area contributed by atoms with Gasteiger partial charge in [0.25, 0.3) is 0 Å². The minimum atomic E-state index is -0.588. The van der Waals surface area contributed by atoms with Crippen LogP contribution in [0.3, 0.4) is 0 Å². The first kappa shape index (κ1) is 17.9. The van der Waals surface area contributed by atoms with Crippen molar-refractivity contribution < 1.29 is 9.53 Å². The smallest absolute Gasteiger partial charge is 0.419 e. The minimum absolute atomic E-state index is 0.451. The molecule has 0 aliphatic rings. The van der Waals surface area contributed by atoms with Gasteiger partial charge in [-0.15, -0.1) is 5.10 Å². The van der Waals surface area contributed by atoms with Crippen LogP contribution >= 0.6 is 0 Å². The molecule has 0 amide bonds. The fourth-order valence-corrected chi connectivity index (χ4v) is 2.98. The molecule has 7 nitrogen and oxygen atoms in total. The van der Waals surface area contributed by atoms with E-state index in [2.05, 4.69) is 15.3 Å². The SMILES string of the molecule is CC(C)(C)OC(=O)n1cc(-c2cn(Cc3ccccc3)nn2)c2ncccc21. The number of hydrogen-bond donors (Lipinski definition) is 0. The van der Waals surface area contributed by atoms with Gasteiger partial charge < -0.3 is 4.74 Å². The second kappa shape index (κ2) is 6.92. The summed E-state index contributed by atoms with van der Waals surface area (Å²) in [4.78, 5) is 17.1. The predicted octanol–water partition coefficient (Wildman–Crippen LogP) is 4.13. The summed E-state index contributed by atoms with van der Waals surface area (Å²) in [6.45, 7) is 6.13. The van der Waals surface area contributed by atoms with Gasteiger partial charge in [0.2, 0.25) is 0 Å².